The van der Waals surface area contributed by atoms with Gasteiger partial charge in [0, 0.05) is 13.0 Å². The van der Waals surface area contributed by atoms with Gasteiger partial charge in [0.25, 0.3) is 0 Å². The first-order valence-electron chi connectivity index (χ1n) is 11.8. The highest BCUT2D eigenvalue weighted by Crippen LogP contribution is 2.37. The summed E-state index contributed by atoms with van der Waals surface area (Å²) in [5, 5.41) is 2.88. The lowest BCUT2D eigenvalue weighted by atomic mass is 10.1. The number of hydrogen-bond donors (Lipinski definition) is 3. The first kappa shape index (κ1) is 29.9. The standard InChI is InChI=1S/C26H34NO9P/c1-19(2)8-6-4-5-7-9-25(28)27-17-21-12-15-23(24(16-21)33-3)35-26(29)34-18-20-10-13-22(14-11-20)36-37(30,31)32/h6,8,10-16,19H,4-5,7,9,17-18H2,1-3H3,(H,27,28)(H2,30,31,32)/b8-6+. The first-order chi connectivity index (χ1) is 17.6. The van der Waals surface area contributed by atoms with Gasteiger partial charge in [-0.3, -0.25) is 14.6 Å². The Labute approximate surface area is 216 Å². The highest BCUT2D eigenvalue weighted by molar-refractivity contribution is 7.46. The molecule has 2 aromatic rings. The van der Waals surface area contributed by atoms with Gasteiger partial charge in [0.2, 0.25) is 5.91 Å². The van der Waals surface area contributed by atoms with E-state index in [4.69, 9.17) is 24.0 Å². The molecular formula is C26H34NO9P. The Kier molecular flexibility index (Phi) is 12.2. The zero-order chi connectivity index (χ0) is 27.3. The van der Waals surface area contributed by atoms with Crippen LogP contribution in [0.3, 0.4) is 0 Å². The third-order valence-electron chi connectivity index (χ3n) is 4.96. The highest BCUT2D eigenvalue weighted by Gasteiger charge is 2.16. The van der Waals surface area contributed by atoms with Crippen LogP contribution in [0, 0.1) is 5.92 Å². The summed E-state index contributed by atoms with van der Waals surface area (Å²) < 4.78 is 30.9. The van der Waals surface area contributed by atoms with Gasteiger partial charge in [-0.05, 0) is 60.6 Å². The van der Waals surface area contributed by atoms with Crippen molar-refractivity contribution in [3.8, 4) is 17.2 Å². The van der Waals surface area contributed by atoms with Crippen LogP contribution in [-0.4, -0.2) is 29.0 Å². The monoisotopic (exact) mass is 535 g/mol. The number of phosphoric acid groups is 1. The summed E-state index contributed by atoms with van der Waals surface area (Å²) in [5.74, 6) is 0.947. The van der Waals surface area contributed by atoms with Crippen LogP contribution in [0.5, 0.6) is 17.2 Å². The fraction of sp³-hybridized carbons (Fsp3) is 0.385. The molecule has 0 aliphatic rings. The van der Waals surface area contributed by atoms with Crippen LogP contribution >= 0.6 is 7.82 Å². The van der Waals surface area contributed by atoms with Gasteiger partial charge < -0.3 is 24.1 Å². The number of allylic oxidation sites excluding steroid dienone is 2. The Balaban J connectivity index is 1.78. The fourth-order valence-electron chi connectivity index (χ4n) is 3.16. The molecular weight excluding hydrogens is 501 g/mol. The molecule has 0 aliphatic heterocycles. The molecule has 1 amide bonds. The lowest BCUT2D eigenvalue weighted by Gasteiger charge is -2.12. The number of phosphoric ester groups is 1. The molecule has 3 N–H and O–H groups in total. The van der Waals surface area contributed by atoms with E-state index in [-0.39, 0.29) is 24.0 Å². The van der Waals surface area contributed by atoms with E-state index in [0.717, 1.165) is 24.8 Å². The molecule has 0 fully saturated rings. The highest BCUT2D eigenvalue weighted by atomic mass is 31.2. The molecule has 0 heterocycles. The molecule has 0 aliphatic carbocycles. The quantitative estimate of drug-likeness (QED) is 0.0970. The summed E-state index contributed by atoms with van der Waals surface area (Å²) in [6.07, 6.45) is 6.55. The number of benzene rings is 2. The van der Waals surface area contributed by atoms with Crippen LogP contribution < -0.4 is 19.3 Å². The summed E-state index contributed by atoms with van der Waals surface area (Å²) in [7, 11) is -3.21. The number of amides is 1. The SMILES string of the molecule is COc1cc(CNC(=O)CCCC/C=C/C(C)C)ccc1OC(=O)OCc1ccc(OP(=O)(O)O)cc1. The number of rotatable bonds is 14. The topological polar surface area (TPSA) is 141 Å². The molecule has 2 aromatic carbocycles. The minimum Gasteiger partial charge on any atom is -0.493 e. The van der Waals surface area contributed by atoms with Gasteiger partial charge in [-0.25, -0.2) is 9.36 Å². The number of methoxy groups -OCH3 is 1. The van der Waals surface area contributed by atoms with Gasteiger partial charge in [-0.15, -0.1) is 0 Å². The number of unbranched alkanes of at least 4 members (excludes halogenated alkanes) is 2. The molecule has 11 heteroatoms. The molecule has 0 atom stereocenters. The first-order valence-corrected chi connectivity index (χ1v) is 13.4. The molecule has 0 saturated carbocycles. The van der Waals surface area contributed by atoms with Crippen molar-refractivity contribution in [3.63, 3.8) is 0 Å². The molecule has 0 aromatic heterocycles. The molecule has 0 saturated heterocycles. The predicted molar refractivity (Wildman–Crippen MR) is 137 cm³/mol. The van der Waals surface area contributed by atoms with E-state index in [9.17, 15) is 14.2 Å². The van der Waals surface area contributed by atoms with Gasteiger partial charge in [0.05, 0.1) is 7.11 Å². The largest absolute Gasteiger partial charge is 0.524 e. The average Bonchev–Trinajstić information content (AvgIpc) is 2.84. The zero-order valence-corrected chi connectivity index (χ0v) is 22.1. The summed E-state index contributed by atoms with van der Waals surface area (Å²) in [6, 6.07) is 10.6. The van der Waals surface area contributed by atoms with Crippen LogP contribution in [0.25, 0.3) is 0 Å². The van der Waals surface area contributed by atoms with Crippen molar-refractivity contribution in [3.05, 3.63) is 65.7 Å². The Morgan fingerprint density at radius 1 is 1.03 bits per heavy atom. The average molecular weight is 536 g/mol. The summed E-state index contributed by atoms with van der Waals surface area (Å²) in [4.78, 5) is 41.8. The van der Waals surface area contributed by atoms with E-state index in [0.29, 0.717) is 30.2 Å². The van der Waals surface area contributed by atoms with Crippen molar-refractivity contribution in [1.29, 1.82) is 0 Å². The van der Waals surface area contributed by atoms with Crippen molar-refractivity contribution >= 4 is 19.9 Å². The zero-order valence-electron chi connectivity index (χ0n) is 21.2. The lowest BCUT2D eigenvalue weighted by Crippen LogP contribution is -2.22. The Morgan fingerprint density at radius 2 is 1.73 bits per heavy atom. The molecule has 10 nitrogen and oxygen atoms in total. The molecule has 2 rings (SSSR count). The minimum atomic E-state index is -4.64. The number of carbonyl (C=O) groups is 2. The fourth-order valence-corrected chi connectivity index (χ4v) is 3.55. The van der Waals surface area contributed by atoms with Crippen molar-refractivity contribution in [1.82, 2.24) is 5.32 Å². The predicted octanol–water partition coefficient (Wildman–Crippen LogP) is 5.27. The van der Waals surface area contributed by atoms with E-state index in [2.05, 4.69) is 35.8 Å². The maximum Gasteiger partial charge on any atom is 0.524 e. The summed E-state index contributed by atoms with van der Waals surface area (Å²) in [6.45, 7) is 4.44. The van der Waals surface area contributed by atoms with Gasteiger partial charge in [-0.2, -0.15) is 0 Å². The third-order valence-corrected chi connectivity index (χ3v) is 5.41. The molecule has 0 bridgehead atoms. The second-order valence-corrected chi connectivity index (χ2v) is 9.71. The Morgan fingerprint density at radius 3 is 2.38 bits per heavy atom. The minimum absolute atomic E-state index is 0.0183. The van der Waals surface area contributed by atoms with Crippen LogP contribution in [0.1, 0.15) is 50.7 Å². The number of ether oxygens (including phenoxy) is 3. The molecule has 0 spiro atoms. The summed E-state index contributed by atoms with van der Waals surface area (Å²) >= 11 is 0. The van der Waals surface area contributed by atoms with Crippen LogP contribution in [-0.2, 0) is 27.2 Å². The third kappa shape index (κ3) is 12.5. The van der Waals surface area contributed by atoms with E-state index in [1.807, 2.05) is 0 Å². The van der Waals surface area contributed by atoms with Gasteiger partial charge >= 0.3 is 14.0 Å². The molecule has 37 heavy (non-hydrogen) atoms. The van der Waals surface area contributed by atoms with E-state index < -0.39 is 14.0 Å². The normalized spacial score (nSPS) is 11.4. The second-order valence-electron chi connectivity index (χ2n) is 8.55. The van der Waals surface area contributed by atoms with E-state index in [1.165, 1.54) is 31.4 Å². The Bertz CT molecular complexity index is 1090. The number of nitrogens with one attached hydrogen (secondary N) is 1. The number of carbonyl (C=O) groups excluding carboxylic acids is 2. The molecule has 0 unspecified atom stereocenters. The van der Waals surface area contributed by atoms with Gasteiger partial charge in [-0.1, -0.05) is 44.2 Å². The Hall–Kier alpha value is -3.33. The van der Waals surface area contributed by atoms with Crippen LogP contribution in [0.2, 0.25) is 0 Å². The maximum atomic E-state index is 12.1. The maximum absolute atomic E-state index is 12.1. The van der Waals surface area contributed by atoms with E-state index >= 15 is 0 Å². The van der Waals surface area contributed by atoms with Gasteiger partial charge in [0.1, 0.15) is 12.4 Å². The second kappa shape index (κ2) is 15.0. The van der Waals surface area contributed by atoms with Crippen LogP contribution in [0.4, 0.5) is 4.79 Å². The van der Waals surface area contributed by atoms with Crippen molar-refractivity contribution in [2.24, 2.45) is 5.92 Å². The molecule has 0 radical (unpaired) electrons. The van der Waals surface area contributed by atoms with Gasteiger partial charge in [0.15, 0.2) is 11.5 Å². The summed E-state index contributed by atoms with van der Waals surface area (Å²) in [5.41, 5.74) is 1.34. The number of hydrogen-bond acceptors (Lipinski definition) is 7. The molecule has 202 valence electrons. The van der Waals surface area contributed by atoms with E-state index in [1.54, 1.807) is 18.2 Å². The smallest absolute Gasteiger partial charge is 0.493 e. The van der Waals surface area contributed by atoms with Crippen molar-refractivity contribution in [2.45, 2.75) is 52.7 Å². The van der Waals surface area contributed by atoms with Crippen LogP contribution in [0.15, 0.2) is 54.6 Å². The van der Waals surface area contributed by atoms with Crippen molar-refractivity contribution < 1.29 is 42.7 Å². The lowest BCUT2D eigenvalue weighted by molar-refractivity contribution is -0.121. The van der Waals surface area contributed by atoms with Crippen molar-refractivity contribution in [2.75, 3.05) is 7.11 Å².